The summed E-state index contributed by atoms with van der Waals surface area (Å²) in [5, 5.41) is 10.2. The predicted molar refractivity (Wildman–Crippen MR) is 95.8 cm³/mol. The zero-order valence-electron chi connectivity index (χ0n) is 15.3. The van der Waals surface area contributed by atoms with Crippen molar-refractivity contribution in [2.24, 2.45) is 0 Å². The van der Waals surface area contributed by atoms with Crippen LogP contribution in [0.5, 0.6) is 0 Å². The highest BCUT2D eigenvalue weighted by atomic mass is 16.6. The maximum atomic E-state index is 11.7. The molecule has 0 radical (unpaired) electrons. The molecule has 1 saturated heterocycles. The lowest BCUT2D eigenvalue weighted by atomic mass is 10.0. The number of carbonyl (C=O) groups excluding carboxylic acids is 1. The lowest BCUT2D eigenvalue weighted by Crippen LogP contribution is -3.15. The van der Waals surface area contributed by atoms with Crippen molar-refractivity contribution in [3.05, 3.63) is 35.9 Å². The van der Waals surface area contributed by atoms with Crippen molar-refractivity contribution in [1.29, 1.82) is 0 Å². The van der Waals surface area contributed by atoms with Gasteiger partial charge in [0, 0.05) is 5.92 Å². The van der Waals surface area contributed by atoms with E-state index in [-0.39, 0.29) is 6.09 Å². The van der Waals surface area contributed by atoms with Crippen molar-refractivity contribution in [3.8, 4) is 0 Å². The highest BCUT2D eigenvalue weighted by Crippen LogP contribution is 2.14. The first-order valence-corrected chi connectivity index (χ1v) is 9.16. The van der Waals surface area contributed by atoms with Gasteiger partial charge < -0.3 is 19.5 Å². The summed E-state index contributed by atoms with van der Waals surface area (Å²) in [5.41, 5.74) is 1.25. The second-order valence-corrected chi connectivity index (χ2v) is 6.64. The Kier molecular flexibility index (Phi) is 8.18. The topological polar surface area (TPSA) is 63.4 Å². The monoisotopic (exact) mass is 351 g/mol. The Morgan fingerprint density at radius 1 is 1.24 bits per heavy atom. The summed E-state index contributed by atoms with van der Waals surface area (Å²) in [6.07, 6.45) is -0.715. The summed E-state index contributed by atoms with van der Waals surface area (Å²) in [5.74, 6) is 0.314. The van der Waals surface area contributed by atoms with E-state index in [1.165, 1.54) is 10.5 Å². The number of aliphatic hydroxyl groups is 1. The van der Waals surface area contributed by atoms with Gasteiger partial charge in [0.1, 0.15) is 12.6 Å². The SMILES string of the molecule is CCOC(=O)N1CC[NH+](C[C@H](O)COC[C@H](C)c2ccccc2)CC1. The summed E-state index contributed by atoms with van der Waals surface area (Å²) in [6.45, 7) is 8.96. The quantitative estimate of drug-likeness (QED) is 0.717. The van der Waals surface area contributed by atoms with Crippen LogP contribution in [-0.4, -0.2) is 74.7 Å². The van der Waals surface area contributed by atoms with E-state index in [4.69, 9.17) is 9.47 Å². The summed E-state index contributed by atoms with van der Waals surface area (Å²) in [6, 6.07) is 10.3. The van der Waals surface area contributed by atoms with Gasteiger partial charge in [-0.15, -0.1) is 0 Å². The lowest BCUT2D eigenvalue weighted by molar-refractivity contribution is -0.907. The van der Waals surface area contributed by atoms with Gasteiger partial charge in [0.05, 0.1) is 46.0 Å². The molecule has 25 heavy (non-hydrogen) atoms. The maximum Gasteiger partial charge on any atom is 0.410 e. The Morgan fingerprint density at radius 3 is 2.56 bits per heavy atom. The first-order chi connectivity index (χ1) is 12.1. The molecule has 140 valence electrons. The Labute approximate surface area is 150 Å². The molecule has 2 rings (SSSR count). The second-order valence-electron chi connectivity index (χ2n) is 6.64. The lowest BCUT2D eigenvalue weighted by Gasteiger charge is -2.32. The third-order valence-corrected chi connectivity index (χ3v) is 4.57. The molecule has 6 nitrogen and oxygen atoms in total. The first kappa shape index (κ1) is 19.7. The Hall–Kier alpha value is -1.63. The first-order valence-electron chi connectivity index (χ1n) is 9.16. The van der Waals surface area contributed by atoms with Crippen molar-refractivity contribution in [2.45, 2.75) is 25.9 Å². The van der Waals surface area contributed by atoms with Crippen LogP contribution in [0.15, 0.2) is 30.3 Å². The van der Waals surface area contributed by atoms with Crippen LogP contribution in [0.25, 0.3) is 0 Å². The molecule has 0 spiro atoms. The van der Waals surface area contributed by atoms with Crippen LogP contribution >= 0.6 is 0 Å². The van der Waals surface area contributed by atoms with Gasteiger partial charge in [-0.3, -0.25) is 4.90 Å². The fourth-order valence-corrected chi connectivity index (χ4v) is 3.08. The highest BCUT2D eigenvalue weighted by Gasteiger charge is 2.26. The summed E-state index contributed by atoms with van der Waals surface area (Å²) in [4.78, 5) is 14.7. The molecule has 1 aliphatic heterocycles. The number of carbonyl (C=O) groups is 1. The van der Waals surface area contributed by atoms with Gasteiger partial charge in [-0.05, 0) is 12.5 Å². The van der Waals surface area contributed by atoms with E-state index in [9.17, 15) is 9.90 Å². The normalized spacial score (nSPS) is 18.0. The van der Waals surface area contributed by atoms with Crippen LogP contribution in [0.1, 0.15) is 25.3 Å². The average molecular weight is 351 g/mol. The molecule has 6 heteroatoms. The van der Waals surface area contributed by atoms with Crippen LogP contribution in [0.4, 0.5) is 4.79 Å². The number of benzene rings is 1. The van der Waals surface area contributed by atoms with Crippen LogP contribution in [0.3, 0.4) is 0 Å². The molecule has 0 bridgehead atoms. The summed E-state index contributed by atoms with van der Waals surface area (Å²) >= 11 is 0. The number of rotatable bonds is 8. The average Bonchev–Trinajstić information content (AvgIpc) is 2.63. The minimum absolute atomic E-state index is 0.236. The molecule has 1 heterocycles. The largest absolute Gasteiger partial charge is 0.450 e. The van der Waals surface area contributed by atoms with Gasteiger partial charge in [-0.25, -0.2) is 4.79 Å². The third-order valence-electron chi connectivity index (χ3n) is 4.57. The van der Waals surface area contributed by atoms with Gasteiger partial charge in [0.2, 0.25) is 0 Å². The predicted octanol–water partition coefficient (Wildman–Crippen LogP) is 0.525. The number of aliphatic hydroxyl groups excluding tert-OH is 1. The van der Waals surface area contributed by atoms with E-state index in [1.807, 2.05) is 25.1 Å². The van der Waals surface area contributed by atoms with Crippen molar-refractivity contribution in [2.75, 3.05) is 52.5 Å². The van der Waals surface area contributed by atoms with E-state index in [0.717, 1.165) is 13.1 Å². The molecular weight excluding hydrogens is 320 g/mol. The highest BCUT2D eigenvalue weighted by molar-refractivity contribution is 5.67. The number of hydrogen-bond donors (Lipinski definition) is 2. The van der Waals surface area contributed by atoms with Crippen molar-refractivity contribution in [3.63, 3.8) is 0 Å². The molecule has 1 amide bonds. The molecule has 0 saturated carbocycles. The van der Waals surface area contributed by atoms with Gasteiger partial charge >= 0.3 is 6.09 Å². The zero-order valence-corrected chi connectivity index (χ0v) is 15.3. The molecule has 1 aromatic rings. The zero-order chi connectivity index (χ0) is 18.1. The van der Waals surface area contributed by atoms with Crippen molar-refractivity contribution in [1.82, 2.24) is 4.90 Å². The van der Waals surface area contributed by atoms with E-state index < -0.39 is 6.10 Å². The molecule has 2 atom stereocenters. The fourth-order valence-electron chi connectivity index (χ4n) is 3.08. The van der Waals surface area contributed by atoms with E-state index in [1.54, 1.807) is 4.90 Å². The molecular formula is C19H31N2O4+. The molecule has 0 aromatic heterocycles. The Bertz CT molecular complexity index is 503. The molecule has 0 unspecified atom stereocenters. The maximum absolute atomic E-state index is 11.7. The van der Waals surface area contributed by atoms with E-state index in [2.05, 4.69) is 19.1 Å². The van der Waals surface area contributed by atoms with Gasteiger partial charge in [0.25, 0.3) is 0 Å². The second kappa shape index (κ2) is 10.4. The minimum atomic E-state index is -0.480. The molecule has 0 aliphatic carbocycles. The number of nitrogens with zero attached hydrogens (tertiary/aromatic N) is 1. The smallest absolute Gasteiger partial charge is 0.410 e. The molecule has 1 aromatic carbocycles. The van der Waals surface area contributed by atoms with E-state index in [0.29, 0.717) is 45.4 Å². The molecule has 2 N–H and O–H groups in total. The van der Waals surface area contributed by atoms with Crippen LogP contribution in [0, 0.1) is 0 Å². The Morgan fingerprint density at radius 2 is 1.92 bits per heavy atom. The number of nitrogens with one attached hydrogen (secondary N) is 1. The van der Waals surface area contributed by atoms with E-state index >= 15 is 0 Å². The summed E-state index contributed by atoms with van der Waals surface area (Å²) in [7, 11) is 0. The number of piperazine rings is 1. The minimum Gasteiger partial charge on any atom is -0.450 e. The third kappa shape index (κ3) is 6.65. The van der Waals surface area contributed by atoms with Gasteiger partial charge in [-0.2, -0.15) is 0 Å². The number of amides is 1. The van der Waals surface area contributed by atoms with Crippen molar-refractivity contribution >= 4 is 6.09 Å². The number of ether oxygens (including phenoxy) is 2. The number of hydrogen-bond acceptors (Lipinski definition) is 4. The summed E-state index contributed by atoms with van der Waals surface area (Å²) < 4.78 is 10.7. The van der Waals surface area contributed by atoms with Crippen LogP contribution in [-0.2, 0) is 9.47 Å². The molecule has 1 aliphatic rings. The Balaban J connectivity index is 1.61. The fraction of sp³-hybridized carbons (Fsp3) is 0.632. The van der Waals surface area contributed by atoms with Crippen LogP contribution in [0.2, 0.25) is 0 Å². The van der Waals surface area contributed by atoms with Gasteiger partial charge in [-0.1, -0.05) is 37.3 Å². The molecule has 1 fully saturated rings. The van der Waals surface area contributed by atoms with Gasteiger partial charge in [0.15, 0.2) is 0 Å². The standard InChI is InChI=1S/C19H30N2O4/c1-3-25-19(23)21-11-9-20(10-12-21)13-18(22)15-24-14-16(2)17-7-5-4-6-8-17/h4-8,16,18,22H,3,9-15H2,1-2H3/p+1/t16-,18-/m0/s1. The number of quaternary nitrogens is 1. The van der Waals surface area contributed by atoms with Crippen LogP contribution < -0.4 is 4.90 Å². The van der Waals surface area contributed by atoms with Crippen molar-refractivity contribution < 1.29 is 24.3 Å².